The van der Waals surface area contributed by atoms with Crippen molar-refractivity contribution in [2.75, 3.05) is 17.2 Å². The first-order valence-corrected chi connectivity index (χ1v) is 16.2. The third kappa shape index (κ3) is 8.33. The Morgan fingerprint density at radius 3 is 2.67 bits per heavy atom. The zero-order chi connectivity index (χ0) is 30.0. The highest BCUT2D eigenvalue weighted by atomic mass is 32.2. The summed E-state index contributed by atoms with van der Waals surface area (Å²) in [6.07, 6.45) is 10.6. The zero-order valence-electron chi connectivity index (χ0n) is 23.9. The van der Waals surface area contributed by atoms with Gasteiger partial charge in [0.2, 0.25) is 0 Å². The maximum absolute atomic E-state index is 15.4. The number of nitrogens with one attached hydrogen (secondary N) is 3. The SMILES string of the molecule is CCCC(CNC(=O)c1nccc(Sc2cnc(Nc3ccc(NC4CCB(C#N)CC4)cn3)s2)c1F)c1ccccc1. The van der Waals surface area contributed by atoms with Gasteiger partial charge in [-0.25, -0.2) is 24.6 Å². The average molecular weight is 614 g/mol. The molecule has 3 aromatic heterocycles. The molecule has 0 saturated carbocycles. The molecule has 0 bridgehead atoms. The molecule has 0 radical (unpaired) electrons. The molecule has 220 valence electrons. The molecule has 1 saturated heterocycles. The van der Waals surface area contributed by atoms with E-state index in [1.807, 2.05) is 42.5 Å². The second-order valence-corrected chi connectivity index (χ2v) is 12.9. The molecule has 8 nitrogen and oxygen atoms in total. The fourth-order valence-electron chi connectivity index (χ4n) is 5.16. The van der Waals surface area contributed by atoms with Crippen LogP contribution in [0.25, 0.3) is 0 Å². The molecular formula is C31H33BFN7OS2. The summed E-state index contributed by atoms with van der Waals surface area (Å²) in [4.78, 5) is 26.2. The Kier molecular flexibility index (Phi) is 10.6. The van der Waals surface area contributed by atoms with E-state index in [-0.39, 0.29) is 18.3 Å². The fourth-order valence-corrected chi connectivity index (χ4v) is 7.03. The summed E-state index contributed by atoms with van der Waals surface area (Å²) < 4.78 is 16.2. The predicted octanol–water partition coefficient (Wildman–Crippen LogP) is 7.41. The molecule has 12 heteroatoms. The molecule has 43 heavy (non-hydrogen) atoms. The van der Waals surface area contributed by atoms with E-state index in [1.54, 1.807) is 18.5 Å². The third-order valence-corrected chi connectivity index (χ3v) is 9.51. The van der Waals surface area contributed by atoms with Gasteiger partial charge in [-0.1, -0.05) is 79.4 Å². The van der Waals surface area contributed by atoms with Crippen LogP contribution < -0.4 is 16.0 Å². The molecule has 1 aliphatic heterocycles. The van der Waals surface area contributed by atoms with Gasteiger partial charge in [-0.15, -0.1) is 0 Å². The van der Waals surface area contributed by atoms with Crippen LogP contribution in [0.3, 0.4) is 0 Å². The van der Waals surface area contributed by atoms with Gasteiger partial charge in [-0.05, 0) is 43.0 Å². The van der Waals surface area contributed by atoms with E-state index in [9.17, 15) is 4.79 Å². The Hall–Kier alpha value is -3.95. The number of thiazole rings is 1. The molecule has 1 amide bonds. The van der Waals surface area contributed by atoms with Crippen molar-refractivity contribution < 1.29 is 9.18 Å². The number of anilines is 3. The number of aromatic nitrogens is 3. The molecule has 0 aliphatic carbocycles. The first-order chi connectivity index (χ1) is 21.0. The summed E-state index contributed by atoms with van der Waals surface area (Å²) in [5.74, 6) is 1.99. The maximum Gasteiger partial charge on any atom is 0.272 e. The molecule has 1 fully saturated rings. The van der Waals surface area contributed by atoms with Crippen molar-refractivity contribution in [2.45, 2.75) is 66.3 Å². The van der Waals surface area contributed by atoms with Crippen LogP contribution in [-0.4, -0.2) is 40.2 Å². The monoisotopic (exact) mass is 613 g/mol. The second-order valence-electron chi connectivity index (χ2n) is 10.5. The van der Waals surface area contributed by atoms with Crippen molar-refractivity contribution in [3.05, 3.63) is 84.2 Å². The third-order valence-electron chi connectivity index (χ3n) is 7.46. The Morgan fingerprint density at radius 2 is 1.95 bits per heavy atom. The van der Waals surface area contributed by atoms with Gasteiger partial charge in [0.1, 0.15) is 5.82 Å². The molecule has 3 N–H and O–H groups in total. The van der Waals surface area contributed by atoms with E-state index >= 15 is 4.39 Å². The van der Waals surface area contributed by atoms with E-state index in [1.165, 1.54) is 29.3 Å². The maximum atomic E-state index is 15.4. The molecule has 1 aliphatic rings. The Morgan fingerprint density at radius 1 is 1.14 bits per heavy atom. The second kappa shape index (κ2) is 15.0. The quantitative estimate of drug-likeness (QED) is 0.142. The van der Waals surface area contributed by atoms with Crippen molar-refractivity contribution in [3.8, 4) is 5.97 Å². The van der Waals surface area contributed by atoms with Gasteiger partial charge >= 0.3 is 0 Å². The highest BCUT2D eigenvalue weighted by Gasteiger charge is 2.24. The van der Waals surface area contributed by atoms with Crippen molar-refractivity contribution in [3.63, 3.8) is 0 Å². The molecule has 1 unspecified atom stereocenters. The van der Waals surface area contributed by atoms with E-state index in [4.69, 9.17) is 5.26 Å². The van der Waals surface area contributed by atoms with E-state index in [0.29, 0.717) is 28.4 Å². The van der Waals surface area contributed by atoms with E-state index < -0.39 is 11.7 Å². The highest BCUT2D eigenvalue weighted by molar-refractivity contribution is 8.01. The minimum atomic E-state index is -0.648. The lowest BCUT2D eigenvalue weighted by Gasteiger charge is -2.25. The van der Waals surface area contributed by atoms with Crippen LogP contribution in [0.4, 0.5) is 21.0 Å². The number of amides is 1. The standard InChI is InChI=1S/C31H33BFN7OS2/c1-2-6-22(21-7-4-3-5-8-21)17-37-30(41)29-28(33)25(13-16-35-29)42-27-19-38-31(43-27)40-26-10-9-24(18-36-26)39-23-11-14-32(20-34)15-12-23/h3-5,7-10,13,16,18-19,22-23,39H,2,6,11-12,14-15,17H2,1H3,(H,37,41)(H,36,38,40). The number of halogens is 1. The van der Waals surface area contributed by atoms with Crippen molar-refractivity contribution >= 4 is 52.4 Å². The van der Waals surface area contributed by atoms with Gasteiger partial charge in [-0.3, -0.25) is 4.79 Å². The topological polar surface area (TPSA) is 116 Å². The van der Waals surface area contributed by atoms with Crippen LogP contribution >= 0.6 is 23.1 Å². The molecule has 4 heterocycles. The lowest BCUT2D eigenvalue weighted by atomic mass is 9.42. The smallest absolute Gasteiger partial charge is 0.272 e. The molecular weight excluding hydrogens is 580 g/mol. The number of carbonyl (C=O) groups excluding carboxylic acids is 1. The van der Waals surface area contributed by atoms with Gasteiger partial charge in [0.05, 0.1) is 27.2 Å². The normalized spacial score (nSPS) is 14.1. The molecule has 0 spiro atoms. The highest BCUT2D eigenvalue weighted by Crippen LogP contribution is 2.36. The number of nitriles is 1. The number of hydrogen-bond donors (Lipinski definition) is 3. The lowest BCUT2D eigenvalue weighted by molar-refractivity contribution is 0.0940. The number of benzene rings is 1. The summed E-state index contributed by atoms with van der Waals surface area (Å²) in [7, 11) is 0. The average Bonchev–Trinajstić information content (AvgIpc) is 3.48. The summed E-state index contributed by atoms with van der Waals surface area (Å²) >= 11 is 2.57. The minimum absolute atomic E-state index is 0.149. The summed E-state index contributed by atoms with van der Waals surface area (Å²) in [5.41, 5.74) is 1.87. The largest absolute Gasteiger partial charge is 0.381 e. The summed E-state index contributed by atoms with van der Waals surface area (Å²) in [6, 6.07) is 15.8. The molecule has 5 rings (SSSR count). The number of pyridine rings is 2. The molecule has 1 atom stereocenters. The van der Waals surface area contributed by atoms with Crippen LogP contribution in [-0.2, 0) is 0 Å². The first kappa shape index (κ1) is 30.5. The number of hydrogen-bond acceptors (Lipinski definition) is 9. The number of nitrogens with zero attached hydrogens (tertiary/aromatic N) is 4. The van der Waals surface area contributed by atoms with Crippen LogP contribution in [0.2, 0.25) is 12.6 Å². The number of rotatable bonds is 12. The summed E-state index contributed by atoms with van der Waals surface area (Å²) in [5, 5.41) is 19.3. The minimum Gasteiger partial charge on any atom is -0.381 e. The number of carbonyl (C=O) groups is 1. The predicted molar refractivity (Wildman–Crippen MR) is 172 cm³/mol. The van der Waals surface area contributed by atoms with Crippen LogP contribution in [0.15, 0.2) is 76.2 Å². The van der Waals surface area contributed by atoms with Gasteiger partial charge < -0.3 is 16.0 Å². The Labute approximate surface area is 260 Å². The van der Waals surface area contributed by atoms with Crippen molar-refractivity contribution in [1.29, 1.82) is 5.26 Å². The first-order valence-electron chi connectivity index (χ1n) is 14.5. The molecule has 1 aromatic carbocycles. The Balaban J connectivity index is 1.16. The van der Waals surface area contributed by atoms with Gasteiger partial charge in [0.15, 0.2) is 16.6 Å². The Bertz CT molecular complexity index is 1540. The van der Waals surface area contributed by atoms with Gasteiger partial charge in [-0.2, -0.15) is 0 Å². The van der Waals surface area contributed by atoms with Crippen molar-refractivity contribution in [2.24, 2.45) is 0 Å². The van der Waals surface area contributed by atoms with Gasteiger partial charge in [0.25, 0.3) is 12.6 Å². The van der Waals surface area contributed by atoms with Crippen LogP contribution in [0, 0.1) is 17.0 Å². The summed E-state index contributed by atoms with van der Waals surface area (Å²) in [6.45, 7) is 2.69. The van der Waals surface area contributed by atoms with Crippen LogP contribution in [0.1, 0.15) is 54.6 Å². The van der Waals surface area contributed by atoms with E-state index in [2.05, 4.69) is 43.8 Å². The lowest BCUT2D eigenvalue weighted by Crippen LogP contribution is -2.30. The fraction of sp³-hybridized carbons (Fsp3) is 0.323. The van der Waals surface area contributed by atoms with Gasteiger partial charge in [0, 0.05) is 30.7 Å². The van der Waals surface area contributed by atoms with Crippen molar-refractivity contribution in [1.82, 2.24) is 20.3 Å². The van der Waals surface area contributed by atoms with Crippen LogP contribution in [0.5, 0.6) is 0 Å². The molecule has 4 aromatic rings. The zero-order valence-corrected chi connectivity index (χ0v) is 25.6. The van der Waals surface area contributed by atoms with E-state index in [0.717, 1.165) is 53.8 Å².